The highest BCUT2D eigenvalue weighted by Gasteiger charge is 2.27. The monoisotopic (exact) mass is 494 g/mol. The van der Waals surface area contributed by atoms with Crippen LogP contribution in [0.25, 0.3) is 11.0 Å². The van der Waals surface area contributed by atoms with Crippen molar-refractivity contribution in [2.24, 2.45) is 16.8 Å². The topological polar surface area (TPSA) is 58.5 Å². The molecule has 1 unspecified atom stereocenters. The molecule has 1 N–H and O–H groups in total. The molecule has 0 radical (unpaired) electrons. The zero-order valence-electron chi connectivity index (χ0n) is 21.4. The van der Waals surface area contributed by atoms with Crippen molar-refractivity contribution < 1.29 is 13.2 Å². The molecule has 1 saturated carbocycles. The molecule has 6 heteroatoms. The van der Waals surface area contributed by atoms with Crippen LogP contribution in [0, 0.1) is 17.2 Å². The van der Waals surface area contributed by atoms with Gasteiger partial charge in [0, 0.05) is 46.7 Å². The maximum absolute atomic E-state index is 13.5. The first-order valence-corrected chi connectivity index (χ1v) is 12.8. The minimum absolute atomic E-state index is 0.0913. The van der Waals surface area contributed by atoms with Crippen molar-refractivity contribution in [1.29, 1.82) is 5.41 Å². The molecule has 0 bridgehead atoms. The maximum atomic E-state index is 13.5. The quantitative estimate of drug-likeness (QED) is 0.317. The fraction of sp³-hybridized carbons (Fsp3) is 0.467. The SMILES string of the molecule is CCC(C=NC(C)=C1C=C(C2CCC2)Cc2ccc(C(F)F)cc2C1=C=[N-])=CCC(=N)C(CC)CF. The molecule has 0 aromatic heterocycles. The van der Waals surface area contributed by atoms with E-state index in [2.05, 4.69) is 16.9 Å². The summed E-state index contributed by atoms with van der Waals surface area (Å²) < 4.78 is 40.1. The number of nitrogens with one attached hydrogen (secondary N) is 1. The van der Waals surface area contributed by atoms with Crippen LogP contribution in [0.2, 0.25) is 0 Å². The van der Waals surface area contributed by atoms with Crippen molar-refractivity contribution in [3.05, 3.63) is 74.9 Å². The molecule has 2 aliphatic carbocycles. The van der Waals surface area contributed by atoms with Gasteiger partial charge in [0.1, 0.15) is 0 Å². The number of hydrogen-bond donors (Lipinski definition) is 1. The molecule has 0 amide bonds. The predicted octanol–water partition coefficient (Wildman–Crippen LogP) is 8.62. The second kappa shape index (κ2) is 12.8. The standard InChI is InChI=1S/C30H35F3N3/c1-4-20(9-12-29(35)21(5-2)16-31)18-36-19(3)26-15-25(22-7-6-8-22)13-23-10-11-24(30(32)33)14-27(23)28(26)17-34/h9-11,14-15,18,21-22,30,35H,4-8,12-13,16H2,1-3H3/q-1. The lowest BCUT2D eigenvalue weighted by Crippen LogP contribution is -2.15. The number of benzene rings is 1. The van der Waals surface area contributed by atoms with E-state index >= 15 is 0 Å². The van der Waals surface area contributed by atoms with Crippen LogP contribution in [0.3, 0.4) is 0 Å². The van der Waals surface area contributed by atoms with Crippen LogP contribution in [0.4, 0.5) is 13.2 Å². The fourth-order valence-corrected chi connectivity index (χ4v) is 4.63. The van der Waals surface area contributed by atoms with Gasteiger partial charge in [0.2, 0.25) is 0 Å². The number of hydrogen-bond acceptors (Lipinski definition) is 2. The Morgan fingerprint density at radius 1 is 1.28 bits per heavy atom. The number of fused-ring (bicyclic) bond motifs is 1. The number of nitrogens with zero attached hydrogens (tertiary/aromatic N) is 2. The van der Waals surface area contributed by atoms with Gasteiger partial charge in [-0.2, -0.15) is 0 Å². The molecule has 1 aromatic carbocycles. The lowest BCUT2D eigenvalue weighted by molar-refractivity contribution is 0.151. The van der Waals surface area contributed by atoms with Crippen molar-refractivity contribution in [1.82, 2.24) is 0 Å². The zero-order chi connectivity index (χ0) is 26.2. The van der Waals surface area contributed by atoms with Crippen LogP contribution >= 0.6 is 0 Å². The minimum atomic E-state index is -2.61. The van der Waals surface area contributed by atoms with E-state index in [1.165, 1.54) is 24.1 Å². The Hall–Kier alpha value is -2.98. The van der Waals surface area contributed by atoms with Crippen LogP contribution < -0.4 is 0 Å². The third-order valence-electron chi connectivity index (χ3n) is 7.37. The Morgan fingerprint density at radius 2 is 2.03 bits per heavy atom. The minimum Gasteiger partial charge on any atom is -0.763 e. The molecule has 0 aliphatic heterocycles. The summed E-state index contributed by atoms with van der Waals surface area (Å²) in [6.07, 6.45) is 8.77. The molecule has 0 spiro atoms. The molecule has 192 valence electrons. The van der Waals surface area contributed by atoms with Crippen LogP contribution in [0.5, 0.6) is 0 Å². The second-order valence-electron chi connectivity index (χ2n) is 9.61. The molecule has 1 aromatic rings. The van der Waals surface area contributed by atoms with Crippen molar-refractivity contribution in [2.45, 2.75) is 72.1 Å². The summed E-state index contributed by atoms with van der Waals surface area (Å²) in [5.41, 5.74) is 5.56. The molecule has 3 nitrogen and oxygen atoms in total. The largest absolute Gasteiger partial charge is 0.763 e. The summed E-state index contributed by atoms with van der Waals surface area (Å²) in [6, 6.07) is 4.64. The number of rotatable bonds is 10. The Bertz CT molecular complexity index is 1140. The summed E-state index contributed by atoms with van der Waals surface area (Å²) >= 11 is 0. The molecule has 1 atom stereocenters. The highest BCUT2D eigenvalue weighted by molar-refractivity contribution is 6.03. The lowest BCUT2D eigenvalue weighted by Gasteiger charge is -2.28. The highest BCUT2D eigenvalue weighted by atomic mass is 19.3. The Kier molecular flexibility index (Phi) is 9.83. The summed E-state index contributed by atoms with van der Waals surface area (Å²) in [5, 5.41) is 18.3. The van der Waals surface area contributed by atoms with E-state index < -0.39 is 13.1 Å². The average Bonchev–Trinajstić information content (AvgIpc) is 2.99. The van der Waals surface area contributed by atoms with Crippen molar-refractivity contribution in [3.8, 4) is 0 Å². The summed E-state index contributed by atoms with van der Waals surface area (Å²) in [7, 11) is 0. The molecular weight excluding hydrogens is 459 g/mol. The van der Waals surface area contributed by atoms with E-state index in [0.29, 0.717) is 59.7 Å². The summed E-state index contributed by atoms with van der Waals surface area (Å²) in [5.74, 6) is 2.36. The van der Waals surface area contributed by atoms with Crippen LogP contribution in [0.15, 0.2) is 57.8 Å². The van der Waals surface area contributed by atoms with Gasteiger partial charge >= 0.3 is 0 Å². The van der Waals surface area contributed by atoms with Crippen LogP contribution in [-0.2, 0) is 6.42 Å². The number of aliphatic imine (C=N–C) groups is 1. The first-order chi connectivity index (χ1) is 17.3. The summed E-state index contributed by atoms with van der Waals surface area (Å²) in [4.78, 5) is 4.67. The molecule has 0 saturated heterocycles. The normalized spacial score (nSPS) is 18.9. The van der Waals surface area contributed by atoms with Crippen molar-refractivity contribution in [3.63, 3.8) is 0 Å². The van der Waals surface area contributed by atoms with Crippen molar-refractivity contribution in [2.75, 3.05) is 6.67 Å². The van der Waals surface area contributed by atoms with E-state index in [9.17, 15) is 18.6 Å². The maximum Gasteiger partial charge on any atom is 0.263 e. The first-order valence-electron chi connectivity index (χ1n) is 12.8. The van der Waals surface area contributed by atoms with Gasteiger partial charge in [-0.05, 0) is 67.7 Å². The fourth-order valence-electron chi connectivity index (χ4n) is 4.63. The third-order valence-corrected chi connectivity index (χ3v) is 7.37. The van der Waals surface area contributed by atoms with Crippen LogP contribution in [-0.4, -0.2) is 24.5 Å². The highest BCUT2D eigenvalue weighted by Crippen LogP contribution is 2.41. The van der Waals surface area contributed by atoms with E-state index in [-0.39, 0.29) is 11.5 Å². The molecule has 2 aliphatic rings. The second-order valence-corrected chi connectivity index (χ2v) is 9.61. The van der Waals surface area contributed by atoms with Gasteiger partial charge < -0.3 is 10.8 Å². The van der Waals surface area contributed by atoms with Gasteiger partial charge in [-0.15, -0.1) is 0 Å². The molecule has 36 heavy (non-hydrogen) atoms. The van der Waals surface area contributed by atoms with Gasteiger partial charge in [0.15, 0.2) is 0 Å². The van der Waals surface area contributed by atoms with Crippen LogP contribution in [0.1, 0.15) is 82.4 Å². The van der Waals surface area contributed by atoms with Gasteiger partial charge in [-0.25, -0.2) is 8.78 Å². The van der Waals surface area contributed by atoms with E-state index in [1.807, 2.05) is 26.8 Å². The number of halogens is 3. The smallest absolute Gasteiger partial charge is 0.263 e. The van der Waals surface area contributed by atoms with Gasteiger partial charge in [-0.3, -0.25) is 15.3 Å². The Balaban J connectivity index is 2.01. The molecular formula is C30H35F3N3-. The average molecular weight is 495 g/mol. The Labute approximate surface area is 212 Å². The van der Waals surface area contributed by atoms with Crippen molar-refractivity contribution >= 4 is 23.4 Å². The first kappa shape index (κ1) is 27.6. The predicted molar refractivity (Wildman–Crippen MR) is 144 cm³/mol. The summed E-state index contributed by atoms with van der Waals surface area (Å²) in [6.45, 7) is 5.18. The van der Waals surface area contributed by atoms with Gasteiger partial charge in [-0.1, -0.05) is 50.1 Å². The van der Waals surface area contributed by atoms with E-state index in [0.717, 1.165) is 24.0 Å². The Morgan fingerprint density at radius 3 is 2.58 bits per heavy atom. The number of alkyl halides is 3. The zero-order valence-corrected chi connectivity index (χ0v) is 21.4. The van der Waals surface area contributed by atoms with E-state index in [1.54, 1.807) is 12.3 Å². The van der Waals surface area contributed by atoms with Gasteiger partial charge in [0.25, 0.3) is 6.43 Å². The van der Waals surface area contributed by atoms with Gasteiger partial charge in [0.05, 0.1) is 6.67 Å². The third kappa shape index (κ3) is 6.41. The molecule has 0 heterocycles. The molecule has 1 fully saturated rings. The lowest BCUT2D eigenvalue weighted by atomic mass is 9.77. The number of allylic oxidation sites excluding steroid dienone is 7. The molecule has 3 rings (SSSR count). The van der Waals surface area contributed by atoms with E-state index in [4.69, 9.17) is 5.41 Å².